The molecule has 0 bridgehead atoms. The smallest absolute Gasteiger partial charge is 0.224 e. The molecule has 0 aliphatic heterocycles. The van der Waals surface area contributed by atoms with Crippen molar-refractivity contribution >= 4 is 11.6 Å². The summed E-state index contributed by atoms with van der Waals surface area (Å²) in [4.78, 5) is 12.2. The van der Waals surface area contributed by atoms with Crippen molar-refractivity contribution in [3.63, 3.8) is 0 Å². The quantitative estimate of drug-likeness (QED) is 0.334. The fraction of sp³-hybridized carbons (Fsp3) is 0.696. The zero-order valence-corrected chi connectivity index (χ0v) is 17.6. The van der Waals surface area contributed by atoms with Crippen LogP contribution in [0.4, 0.5) is 5.69 Å². The highest BCUT2D eigenvalue weighted by Gasteiger charge is 2.20. The summed E-state index contributed by atoms with van der Waals surface area (Å²) in [6.45, 7) is 10.3. The van der Waals surface area contributed by atoms with Gasteiger partial charge in [-0.1, -0.05) is 79.1 Å². The minimum Gasteiger partial charge on any atom is -0.508 e. The zero-order chi connectivity index (χ0) is 19.6. The second kappa shape index (κ2) is 11.3. The van der Waals surface area contributed by atoms with E-state index in [1.165, 1.54) is 44.9 Å². The lowest BCUT2D eigenvalue weighted by Gasteiger charge is -2.22. The van der Waals surface area contributed by atoms with E-state index in [9.17, 15) is 9.90 Å². The van der Waals surface area contributed by atoms with Gasteiger partial charge in [-0.2, -0.15) is 0 Å². The summed E-state index contributed by atoms with van der Waals surface area (Å²) in [5.41, 5.74) is 2.42. The van der Waals surface area contributed by atoms with E-state index in [0.29, 0.717) is 12.2 Å². The van der Waals surface area contributed by atoms with E-state index in [2.05, 4.69) is 33.0 Å². The normalized spacial score (nSPS) is 11.6. The first kappa shape index (κ1) is 22.5. The van der Waals surface area contributed by atoms with Gasteiger partial charge in [0.1, 0.15) is 5.75 Å². The third-order valence-electron chi connectivity index (χ3n) is 4.93. The van der Waals surface area contributed by atoms with Crippen molar-refractivity contribution in [2.24, 2.45) is 0 Å². The Morgan fingerprint density at radius 1 is 0.962 bits per heavy atom. The number of anilines is 1. The number of hydrogen-bond donors (Lipinski definition) is 2. The molecule has 0 saturated heterocycles. The number of phenols is 1. The number of carbonyl (C=O) groups excluding carboxylic acids is 1. The number of aryl methyl sites for hydroxylation is 1. The van der Waals surface area contributed by atoms with Crippen molar-refractivity contribution in [3.8, 4) is 5.75 Å². The summed E-state index contributed by atoms with van der Waals surface area (Å²) in [6, 6.07) is 3.66. The van der Waals surface area contributed by atoms with Gasteiger partial charge >= 0.3 is 0 Å². The number of unbranched alkanes of at least 4 members (excludes halogenated alkanes) is 8. The standard InChI is InChI=1S/C23H39NO2/c1-6-7-8-9-10-11-12-13-14-15-22(26)24-20-17-19(23(3,4)5)21(25)16-18(20)2/h16-17,25H,6-15H2,1-5H3,(H,24,26). The number of amides is 1. The summed E-state index contributed by atoms with van der Waals surface area (Å²) in [5.74, 6) is 0.369. The molecule has 148 valence electrons. The van der Waals surface area contributed by atoms with Crippen LogP contribution < -0.4 is 5.32 Å². The molecule has 0 aliphatic carbocycles. The predicted molar refractivity (Wildman–Crippen MR) is 112 cm³/mol. The Morgan fingerprint density at radius 2 is 1.50 bits per heavy atom. The number of rotatable bonds is 11. The van der Waals surface area contributed by atoms with E-state index in [-0.39, 0.29) is 11.3 Å². The first-order chi connectivity index (χ1) is 12.3. The zero-order valence-electron chi connectivity index (χ0n) is 17.6. The summed E-state index contributed by atoms with van der Waals surface area (Å²) in [5, 5.41) is 13.2. The van der Waals surface area contributed by atoms with Crippen molar-refractivity contribution in [1.29, 1.82) is 0 Å². The summed E-state index contributed by atoms with van der Waals surface area (Å²) in [7, 11) is 0. The third-order valence-corrected chi connectivity index (χ3v) is 4.93. The highest BCUT2D eigenvalue weighted by Crippen LogP contribution is 2.34. The molecule has 1 aromatic carbocycles. The van der Waals surface area contributed by atoms with Gasteiger partial charge in [0.05, 0.1) is 0 Å². The van der Waals surface area contributed by atoms with Gasteiger partial charge in [0.25, 0.3) is 0 Å². The maximum absolute atomic E-state index is 12.2. The van der Waals surface area contributed by atoms with Crippen LogP contribution in [0.15, 0.2) is 12.1 Å². The van der Waals surface area contributed by atoms with E-state index >= 15 is 0 Å². The third kappa shape index (κ3) is 8.25. The highest BCUT2D eigenvalue weighted by atomic mass is 16.3. The van der Waals surface area contributed by atoms with Crippen molar-refractivity contribution < 1.29 is 9.90 Å². The molecule has 0 aromatic heterocycles. The van der Waals surface area contributed by atoms with Crippen LogP contribution in [0.5, 0.6) is 5.75 Å². The van der Waals surface area contributed by atoms with Gasteiger partial charge in [0.2, 0.25) is 5.91 Å². The Balaban J connectivity index is 2.35. The molecule has 3 nitrogen and oxygen atoms in total. The van der Waals surface area contributed by atoms with Gasteiger partial charge in [0.15, 0.2) is 0 Å². The van der Waals surface area contributed by atoms with Crippen LogP contribution in [0.25, 0.3) is 0 Å². The first-order valence-corrected chi connectivity index (χ1v) is 10.4. The molecule has 0 atom stereocenters. The number of phenolic OH excluding ortho intramolecular Hbond substituents is 1. The Kier molecular flexibility index (Phi) is 9.75. The van der Waals surface area contributed by atoms with E-state index in [1.807, 2.05) is 13.0 Å². The average molecular weight is 362 g/mol. The average Bonchev–Trinajstić information content (AvgIpc) is 2.54. The molecule has 0 unspecified atom stereocenters. The van der Waals surface area contributed by atoms with Gasteiger partial charge in [-0.3, -0.25) is 4.79 Å². The number of carbonyl (C=O) groups is 1. The molecule has 1 rings (SSSR count). The fourth-order valence-corrected chi connectivity index (χ4v) is 3.24. The lowest BCUT2D eigenvalue weighted by Crippen LogP contribution is -2.15. The van der Waals surface area contributed by atoms with Crippen LogP contribution in [0, 0.1) is 6.92 Å². The lowest BCUT2D eigenvalue weighted by molar-refractivity contribution is -0.116. The fourth-order valence-electron chi connectivity index (χ4n) is 3.24. The second-order valence-electron chi connectivity index (χ2n) is 8.56. The summed E-state index contributed by atoms with van der Waals surface area (Å²) < 4.78 is 0. The summed E-state index contributed by atoms with van der Waals surface area (Å²) in [6.07, 6.45) is 11.9. The molecule has 0 aliphatic rings. The molecule has 0 spiro atoms. The SMILES string of the molecule is CCCCCCCCCCCC(=O)Nc1cc(C(C)(C)C)c(O)cc1C. The molecular weight excluding hydrogens is 322 g/mol. The lowest BCUT2D eigenvalue weighted by atomic mass is 9.85. The van der Waals surface area contributed by atoms with Crippen molar-refractivity contribution in [2.45, 2.75) is 104 Å². The van der Waals surface area contributed by atoms with Gasteiger partial charge in [-0.25, -0.2) is 0 Å². The van der Waals surface area contributed by atoms with Crippen LogP contribution in [0.1, 0.15) is 103 Å². The molecule has 1 aromatic rings. The molecule has 0 radical (unpaired) electrons. The molecule has 2 N–H and O–H groups in total. The minimum atomic E-state index is -0.158. The van der Waals surface area contributed by atoms with E-state index in [0.717, 1.165) is 29.7 Å². The van der Waals surface area contributed by atoms with Gasteiger partial charge in [-0.05, 0) is 36.5 Å². The first-order valence-electron chi connectivity index (χ1n) is 10.4. The van der Waals surface area contributed by atoms with Gasteiger partial charge in [-0.15, -0.1) is 0 Å². The van der Waals surface area contributed by atoms with Crippen molar-refractivity contribution in [2.75, 3.05) is 5.32 Å². The molecule has 0 heterocycles. The van der Waals surface area contributed by atoms with E-state index in [4.69, 9.17) is 0 Å². The van der Waals surface area contributed by atoms with E-state index in [1.54, 1.807) is 6.07 Å². The highest BCUT2D eigenvalue weighted by molar-refractivity contribution is 5.91. The van der Waals surface area contributed by atoms with Crippen LogP contribution >= 0.6 is 0 Å². The molecule has 26 heavy (non-hydrogen) atoms. The van der Waals surface area contributed by atoms with Crippen LogP contribution in [0.2, 0.25) is 0 Å². The molecule has 0 fully saturated rings. The predicted octanol–water partition coefficient (Wildman–Crippen LogP) is 6.86. The van der Waals surface area contributed by atoms with Crippen LogP contribution in [0.3, 0.4) is 0 Å². The Hall–Kier alpha value is -1.51. The Bertz CT molecular complexity index is 558. The molecule has 0 saturated carbocycles. The van der Waals surface area contributed by atoms with E-state index < -0.39 is 0 Å². The molecule has 1 amide bonds. The topological polar surface area (TPSA) is 49.3 Å². The molecular formula is C23H39NO2. The number of nitrogens with one attached hydrogen (secondary N) is 1. The summed E-state index contributed by atoms with van der Waals surface area (Å²) >= 11 is 0. The van der Waals surface area contributed by atoms with Crippen molar-refractivity contribution in [3.05, 3.63) is 23.3 Å². The van der Waals surface area contributed by atoms with Crippen molar-refractivity contribution in [1.82, 2.24) is 0 Å². The minimum absolute atomic E-state index is 0.0709. The Morgan fingerprint density at radius 3 is 2.04 bits per heavy atom. The largest absolute Gasteiger partial charge is 0.508 e. The van der Waals surface area contributed by atoms with Gasteiger partial charge < -0.3 is 10.4 Å². The Labute approximate surface area is 160 Å². The van der Waals surface area contributed by atoms with Gasteiger partial charge in [0, 0.05) is 17.7 Å². The molecule has 3 heteroatoms. The van der Waals surface area contributed by atoms with Crippen LogP contribution in [-0.4, -0.2) is 11.0 Å². The number of benzene rings is 1. The second-order valence-corrected chi connectivity index (χ2v) is 8.56. The monoisotopic (exact) mass is 361 g/mol. The maximum atomic E-state index is 12.2. The maximum Gasteiger partial charge on any atom is 0.224 e. The number of hydrogen-bond acceptors (Lipinski definition) is 2. The van der Waals surface area contributed by atoms with Crippen LogP contribution in [-0.2, 0) is 10.2 Å². The number of aromatic hydroxyl groups is 1.